The topological polar surface area (TPSA) is 55.4 Å². The minimum atomic E-state index is -0.424. The van der Waals surface area contributed by atoms with Crippen molar-refractivity contribution in [2.45, 2.75) is 6.29 Å². The summed E-state index contributed by atoms with van der Waals surface area (Å²) in [6.07, 6.45) is -0.424. The Hall–Kier alpha value is -1.31. The third-order valence-corrected chi connectivity index (χ3v) is 1.59. The molecule has 0 saturated carbocycles. The molecule has 1 aliphatic rings. The first-order valence-corrected chi connectivity index (χ1v) is 3.63. The largest absolute Gasteiger partial charge is 0.445 e. The Morgan fingerprint density at radius 2 is 2.08 bits per heavy atom. The summed E-state index contributed by atoms with van der Waals surface area (Å²) in [5.41, 5.74) is 0. The lowest BCUT2D eigenvalue weighted by atomic mass is 10.4. The van der Waals surface area contributed by atoms with Crippen molar-refractivity contribution in [3.05, 3.63) is 23.7 Å². The lowest BCUT2D eigenvalue weighted by molar-refractivity contribution is -0.0590. The fraction of sp³-hybridized carbons (Fsp3) is 0.375. The molecule has 4 nitrogen and oxygen atoms in total. The standard InChI is InChI=1S/C8H7NO3/c9-5-6-1-2-7(12-6)8-10-3-4-11-8/h1-2,8H,3-4H2. The zero-order chi connectivity index (χ0) is 8.39. The van der Waals surface area contributed by atoms with E-state index in [2.05, 4.69) is 0 Å². The van der Waals surface area contributed by atoms with Gasteiger partial charge in [-0.15, -0.1) is 0 Å². The van der Waals surface area contributed by atoms with Crippen LogP contribution in [-0.2, 0) is 9.47 Å². The first-order chi connectivity index (χ1) is 5.90. The minimum Gasteiger partial charge on any atom is -0.445 e. The normalized spacial score (nSPS) is 17.9. The number of furan rings is 1. The van der Waals surface area contributed by atoms with E-state index in [0.717, 1.165) is 0 Å². The zero-order valence-corrected chi connectivity index (χ0v) is 6.32. The summed E-state index contributed by atoms with van der Waals surface area (Å²) in [7, 11) is 0. The Kier molecular flexibility index (Phi) is 1.82. The number of ether oxygens (including phenoxy) is 2. The molecule has 0 spiro atoms. The van der Waals surface area contributed by atoms with Gasteiger partial charge in [-0.3, -0.25) is 0 Å². The predicted octanol–water partition coefficient (Wildman–Crippen LogP) is 1.20. The van der Waals surface area contributed by atoms with E-state index >= 15 is 0 Å². The van der Waals surface area contributed by atoms with Gasteiger partial charge in [-0.25, -0.2) is 0 Å². The molecule has 0 aromatic carbocycles. The molecule has 0 N–H and O–H groups in total. The van der Waals surface area contributed by atoms with Gasteiger partial charge in [0.05, 0.1) is 13.2 Å². The van der Waals surface area contributed by atoms with Crippen molar-refractivity contribution >= 4 is 0 Å². The van der Waals surface area contributed by atoms with Crippen LogP contribution in [0.25, 0.3) is 0 Å². The van der Waals surface area contributed by atoms with E-state index in [1.807, 2.05) is 6.07 Å². The molecule has 62 valence electrons. The first kappa shape index (κ1) is 7.35. The van der Waals surface area contributed by atoms with Crippen molar-refractivity contribution in [1.29, 1.82) is 5.26 Å². The zero-order valence-electron chi connectivity index (χ0n) is 6.32. The number of nitrogens with zero attached hydrogens (tertiary/aromatic N) is 1. The molecular weight excluding hydrogens is 158 g/mol. The van der Waals surface area contributed by atoms with Crippen LogP contribution >= 0.6 is 0 Å². The second-order valence-electron chi connectivity index (χ2n) is 2.39. The highest BCUT2D eigenvalue weighted by Crippen LogP contribution is 2.24. The summed E-state index contributed by atoms with van der Waals surface area (Å²) in [6.45, 7) is 1.15. The molecule has 0 radical (unpaired) electrons. The third-order valence-electron chi connectivity index (χ3n) is 1.59. The van der Waals surface area contributed by atoms with Crippen LogP contribution in [0.5, 0.6) is 0 Å². The first-order valence-electron chi connectivity index (χ1n) is 3.63. The molecule has 1 aromatic heterocycles. The van der Waals surface area contributed by atoms with Gasteiger partial charge in [-0.05, 0) is 12.1 Å². The maximum atomic E-state index is 8.47. The number of nitriles is 1. The van der Waals surface area contributed by atoms with Crippen molar-refractivity contribution in [2.75, 3.05) is 13.2 Å². The summed E-state index contributed by atoms with van der Waals surface area (Å²) in [5, 5.41) is 8.47. The number of hydrogen-bond acceptors (Lipinski definition) is 4. The van der Waals surface area contributed by atoms with Crippen molar-refractivity contribution in [1.82, 2.24) is 0 Å². The number of hydrogen-bond donors (Lipinski definition) is 0. The highest BCUT2D eigenvalue weighted by molar-refractivity contribution is 5.19. The van der Waals surface area contributed by atoms with E-state index in [-0.39, 0.29) is 5.76 Å². The molecule has 0 aliphatic carbocycles. The SMILES string of the molecule is N#Cc1ccc(C2OCCO2)o1. The number of rotatable bonds is 1. The van der Waals surface area contributed by atoms with Crippen LogP contribution in [0.3, 0.4) is 0 Å². The van der Waals surface area contributed by atoms with Crippen LogP contribution in [0.2, 0.25) is 0 Å². The summed E-state index contributed by atoms with van der Waals surface area (Å²) >= 11 is 0. The van der Waals surface area contributed by atoms with Gasteiger partial charge < -0.3 is 13.9 Å². The molecule has 1 aromatic rings. The summed E-state index contributed by atoms with van der Waals surface area (Å²) in [5.74, 6) is 0.841. The van der Waals surface area contributed by atoms with Crippen molar-refractivity contribution in [2.24, 2.45) is 0 Å². The predicted molar refractivity (Wildman–Crippen MR) is 38.1 cm³/mol. The van der Waals surface area contributed by atoms with Crippen LogP contribution in [0.1, 0.15) is 17.8 Å². The van der Waals surface area contributed by atoms with E-state index in [4.69, 9.17) is 19.2 Å². The van der Waals surface area contributed by atoms with Gasteiger partial charge in [0.1, 0.15) is 6.07 Å². The van der Waals surface area contributed by atoms with Gasteiger partial charge in [0.15, 0.2) is 5.76 Å². The lowest BCUT2D eigenvalue weighted by Gasteiger charge is -2.03. The highest BCUT2D eigenvalue weighted by Gasteiger charge is 2.21. The maximum absolute atomic E-state index is 8.47. The fourth-order valence-corrected chi connectivity index (χ4v) is 1.06. The van der Waals surface area contributed by atoms with E-state index in [1.54, 1.807) is 12.1 Å². The molecule has 4 heteroatoms. The Morgan fingerprint density at radius 3 is 2.67 bits per heavy atom. The smallest absolute Gasteiger partial charge is 0.217 e. The van der Waals surface area contributed by atoms with Gasteiger partial charge in [0, 0.05) is 0 Å². The van der Waals surface area contributed by atoms with Gasteiger partial charge >= 0.3 is 0 Å². The molecule has 0 bridgehead atoms. The molecule has 2 heterocycles. The minimum absolute atomic E-state index is 0.282. The van der Waals surface area contributed by atoms with Gasteiger partial charge in [-0.2, -0.15) is 5.26 Å². The van der Waals surface area contributed by atoms with Crippen molar-refractivity contribution in [3.8, 4) is 6.07 Å². The molecule has 1 aliphatic heterocycles. The summed E-state index contributed by atoms with van der Waals surface area (Å²) in [6, 6.07) is 5.18. The summed E-state index contributed by atoms with van der Waals surface area (Å²) < 4.78 is 15.4. The highest BCUT2D eigenvalue weighted by atomic mass is 16.7. The average molecular weight is 165 g/mol. The van der Waals surface area contributed by atoms with Crippen molar-refractivity contribution < 1.29 is 13.9 Å². The van der Waals surface area contributed by atoms with Crippen molar-refractivity contribution in [3.63, 3.8) is 0 Å². The van der Waals surface area contributed by atoms with Gasteiger partial charge in [0.2, 0.25) is 12.1 Å². The van der Waals surface area contributed by atoms with Crippen LogP contribution in [-0.4, -0.2) is 13.2 Å². The monoisotopic (exact) mass is 165 g/mol. The van der Waals surface area contributed by atoms with Crippen LogP contribution in [0.15, 0.2) is 16.5 Å². The molecular formula is C8H7NO3. The molecule has 0 amide bonds. The van der Waals surface area contributed by atoms with Gasteiger partial charge in [0.25, 0.3) is 0 Å². The summed E-state index contributed by atoms with van der Waals surface area (Å²) in [4.78, 5) is 0. The molecule has 12 heavy (non-hydrogen) atoms. The quantitative estimate of drug-likeness (QED) is 0.627. The van der Waals surface area contributed by atoms with E-state index in [0.29, 0.717) is 19.0 Å². The molecule has 0 atom stereocenters. The van der Waals surface area contributed by atoms with E-state index < -0.39 is 6.29 Å². The third kappa shape index (κ3) is 1.20. The molecule has 1 saturated heterocycles. The average Bonchev–Trinajstić information content (AvgIpc) is 2.75. The van der Waals surface area contributed by atoms with E-state index in [9.17, 15) is 0 Å². The second kappa shape index (κ2) is 2.97. The van der Waals surface area contributed by atoms with Crippen LogP contribution < -0.4 is 0 Å². The molecule has 2 rings (SSSR count). The second-order valence-corrected chi connectivity index (χ2v) is 2.39. The van der Waals surface area contributed by atoms with Gasteiger partial charge in [-0.1, -0.05) is 0 Å². The lowest BCUT2D eigenvalue weighted by Crippen LogP contribution is -1.94. The van der Waals surface area contributed by atoms with Crippen LogP contribution in [0, 0.1) is 11.3 Å². The Morgan fingerprint density at radius 1 is 1.33 bits per heavy atom. The Labute approximate surface area is 69.3 Å². The molecule has 1 fully saturated rings. The maximum Gasteiger partial charge on any atom is 0.217 e. The van der Waals surface area contributed by atoms with E-state index in [1.165, 1.54) is 0 Å². The fourth-order valence-electron chi connectivity index (χ4n) is 1.06. The molecule has 0 unspecified atom stereocenters. The Balaban J connectivity index is 2.17. The van der Waals surface area contributed by atoms with Crippen LogP contribution in [0.4, 0.5) is 0 Å². The Bertz CT molecular complexity index is 306.